The molecule has 1 aromatic carbocycles. The molecule has 1 saturated carbocycles. The van der Waals surface area contributed by atoms with E-state index in [4.69, 9.17) is 4.74 Å². The summed E-state index contributed by atoms with van der Waals surface area (Å²) in [5, 5.41) is 0. The zero-order valence-electron chi connectivity index (χ0n) is 13.3. The van der Waals surface area contributed by atoms with E-state index in [0.29, 0.717) is 17.5 Å². The van der Waals surface area contributed by atoms with Crippen molar-refractivity contribution in [2.24, 2.45) is 0 Å². The van der Waals surface area contributed by atoms with E-state index in [1.165, 1.54) is 12.1 Å². The van der Waals surface area contributed by atoms with Gasteiger partial charge in [-0.2, -0.15) is 18.2 Å². The number of nitrogens with zero attached hydrogens (tertiary/aromatic N) is 2. The molecule has 0 saturated heterocycles. The van der Waals surface area contributed by atoms with Crippen LogP contribution in [0.4, 0.5) is 13.2 Å². The predicted molar refractivity (Wildman–Crippen MR) is 81.6 cm³/mol. The Kier molecular flexibility index (Phi) is 5.23. The monoisotopic (exact) mass is 324 g/mol. The van der Waals surface area contributed by atoms with Crippen LogP contribution in [0.15, 0.2) is 30.3 Å². The summed E-state index contributed by atoms with van der Waals surface area (Å²) in [7, 11) is 0. The quantitative estimate of drug-likeness (QED) is 0.748. The van der Waals surface area contributed by atoms with Gasteiger partial charge in [0, 0.05) is 17.7 Å². The maximum Gasteiger partial charge on any atom is 0.416 e. The van der Waals surface area contributed by atoms with Gasteiger partial charge in [0.2, 0.25) is 5.88 Å². The summed E-state index contributed by atoms with van der Waals surface area (Å²) in [4.78, 5) is 8.65. The van der Waals surface area contributed by atoms with Gasteiger partial charge in [-0.15, -0.1) is 0 Å². The molecule has 23 heavy (non-hydrogen) atoms. The summed E-state index contributed by atoms with van der Waals surface area (Å²) in [5.74, 6) is 1.82. The van der Waals surface area contributed by atoms with E-state index in [9.17, 15) is 13.2 Å². The minimum absolute atomic E-state index is 0.322. The smallest absolute Gasteiger partial charge is 0.416 e. The fourth-order valence-corrected chi connectivity index (χ4v) is 1.97. The van der Waals surface area contributed by atoms with Gasteiger partial charge >= 0.3 is 6.18 Å². The number of hydrogen-bond donors (Lipinski definition) is 0. The molecular weight excluding hydrogens is 305 g/mol. The van der Waals surface area contributed by atoms with Gasteiger partial charge in [0.1, 0.15) is 11.6 Å². The zero-order chi connectivity index (χ0) is 17.0. The number of aromatic nitrogens is 2. The Hall–Kier alpha value is -2.11. The number of aryl methyl sites for hydroxylation is 1. The topological polar surface area (TPSA) is 35.0 Å². The van der Waals surface area contributed by atoms with Crippen molar-refractivity contribution in [3.05, 3.63) is 47.4 Å². The molecule has 124 valence electrons. The first kappa shape index (κ1) is 17.2. The van der Waals surface area contributed by atoms with Crippen molar-refractivity contribution in [3.8, 4) is 11.6 Å². The minimum atomic E-state index is -4.34. The average molecular weight is 324 g/mol. The summed E-state index contributed by atoms with van der Waals surface area (Å²) in [5.41, 5.74) is 0.0844. The molecule has 3 nitrogen and oxygen atoms in total. The third-order valence-corrected chi connectivity index (χ3v) is 3.19. The normalized spacial score (nSPS) is 14.0. The highest BCUT2D eigenvalue weighted by Gasteiger charge is 2.30. The first-order valence-electron chi connectivity index (χ1n) is 7.62. The van der Waals surface area contributed by atoms with Crippen molar-refractivity contribution in [1.82, 2.24) is 9.97 Å². The Balaban J connectivity index is 0.000000924. The summed E-state index contributed by atoms with van der Waals surface area (Å²) in [6, 6.07) is 6.23. The molecule has 0 unspecified atom stereocenters. The van der Waals surface area contributed by atoms with E-state index in [-0.39, 0.29) is 0 Å². The molecule has 0 bridgehead atoms. The minimum Gasteiger partial charge on any atom is -0.439 e. The number of halogens is 3. The molecule has 0 N–H and O–H groups in total. The Morgan fingerprint density at radius 2 is 1.65 bits per heavy atom. The van der Waals surface area contributed by atoms with Crippen molar-refractivity contribution in [3.63, 3.8) is 0 Å². The second-order valence-electron chi connectivity index (χ2n) is 5.10. The van der Waals surface area contributed by atoms with Crippen LogP contribution >= 0.6 is 0 Å². The summed E-state index contributed by atoms with van der Waals surface area (Å²) < 4.78 is 43.0. The number of rotatable bonds is 3. The van der Waals surface area contributed by atoms with Gasteiger partial charge in [0.05, 0.1) is 5.56 Å². The van der Waals surface area contributed by atoms with Gasteiger partial charge in [-0.05, 0) is 44.0 Å². The highest BCUT2D eigenvalue weighted by Crippen LogP contribution is 2.39. The Morgan fingerprint density at radius 1 is 1.04 bits per heavy atom. The highest BCUT2D eigenvalue weighted by atomic mass is 19.4. The molecule has 0 aliphatic heterocycles. The maximum absolute atomic E-state index is 12.5. The fraction of sp³-hybridized carbons (Fsp3) is 0.412. The number of hydrogen-bond acceptors (Lipinski definition) is 3. The van der Waals surface area contributed by atoms with Crippen molar-refractivity contribution in [2.75, 3.05) is 0 Å². The van der Waals surface area contributed by atoms with Crippen molar-refractivity contribution in [2.45, 2.75) is 45.7 Å². The lowest BCUT2D eigenvalue weighted by Gasteiger charge is -2.09. The molecular formula is C17H19F3N2O. The van der Waals surface area contributed by atoms with E-state index in [0.717, 1.165) is 36.5 Å². The molecule has 6 heteroatoms. The molecule has 1 aliphatic carbocycles. The average Bonchev–Trinajstić information content (AvgIpc) is 3.33. The molecule has 0 amide bonds. The zero-order valence-corrected chi connectivity index (χ0v) is 13.3. The fourth-order valence-electron chi connectivity index (χ4n) is 1.97. The van der Waals surface area contributed by atoms with Crippen LogP contribution in [0.5, 0.6) is 11.6 Å². The molecule has 0 radical (unpaired) electrons. The summed E-state index contributed by atoms with van der Waals surface area (Å²) in [6.45, 7) is 5.84. The lowest BCUT2D eigenvalue weighted by atomic mass is 10.2. The summed E-state index contributed by atoms with van der Waals surface area (Å²) in [6.07, 6.45) is -2.20. The van der Waals surface area contributed by atoms with Crippen molar-refractivity contribution < 1.29 is 17.9 Å². The number of alkyl halides is 3. The van der Waals surface area contributed by atoms with E-state index < -0.39 is 11.7 Å². The van der Waals surface area contributed by atoms with E-state index in [2.05, 4.69) is 9.97 Å². The van der Waals surface area contributed by atoms with Crippen LogP contribution in [0, 0.1) is 6.92 Å². The Bertz CT molecular complexity index is 650. The van der Waals surface area contributed by atoms with E-state index in [1.54, 1.807) is 6.07 Å². The first-order chi connectivity index (χ1) is 10.9. The van der Waals surface area contributed by atoms with Gasteiger partial charge in [-0.1, -0.05) is 13.8 Å². The molecule has 1 fully saturated rings. The third kappa shape index (κ3) is 4.68. The van der Waals surface area contributed by atoms with E-state index in [1.807, 2.05) is 20.8 Å². The van der Waals surface area contributed by atoms with E-state index >= 15 is 0 Å². The molecule has 1 aliphatic rings. The standard InChI is InChI=1S/C15H13F3N2O.C2H6/c1-9-8-13(20-14(19-9)10-2-3-10)21-12-6-4-11(5-7-12)15(16,17)18;1-2/h4-8,10H,2-3H2,1H3;1-2H3. The number of ether oxygens (including phenoxy) is 1. The molecule has 2 aromatic rings. The largest absolute Gasteiger partial charge is 0.439 e. The first-order valence-corrected chi connectivity index (χ1v) is 7.62. The Morgan fingerprint density at radius 3 is 2.17 bits per heavy atom. The van der Waals surface area contributed by atoms with Crippen LogP contribution in [0.1, 0.15) is 49.7 Å². The van der Waals surface area contributed by atoms with Gasteiger partial charge in [0.25, 0.3) is 0 Å². The lowest BCUT2D eigenvalue weighted by Crippen LogP contribution is -2.04. The lowest BCUT2D eigenvalue weighted by molar-refractivity contribution is -0.137. The molecule has 3 rings (SSSR count). The van der Waals surface area contributed by atoms with Gasteiger partial charge in [-0.25, -0.2) is 4.98 Å². The van der Waals surface area contributed by atoms with Crippen LogP contribution in [0.3, 0.4) is 0 Å². The van der Waals surface area contributed by atoms with Gasteiger partial charge in [0.15, 0.2) is 0 Å². The predicted octanol–water partition coefficient (Wildman–Crippen LogP) is 5.50. The van der Waals surface area contributed by atoms with Crippen LogP contribution in [-0.4, -0.2) is 9.97 Å². The van der Waals surface area contributed by atoms with Crippen molar-refractivity contribution >= 4 is 0 Å². The van der Waals surface area contributed by atoms with Gasteiger partial charge in [-0.3, -0.25) is 0 Å². The molecule has 0 spiro atoms. The van der Waals surface area contributed by atoms with Gasteiger partial charge < -0.3 is 4.74 Å². The maximum atomic E-state index is 12.5. The Labute approximate surface area is 133 Å². The molecule has 1 heterocycles. The highest BCUT2D eigenvalue weighted by molar-refractivity contribution is 5.32. The van der Waals surface area contributed by atoms with Crippen LogP contribution in [0.25, 0.3) is 0 Å². The summed E-state index contributed by atoms with van der Waals surface area (Å²) >= 11 is 0. The van der Waals surface area contributed by atoms with Crippen LogP contribution < -0.4 is 4.74 Å². The molecule has 0 atom stereocenters. The van der Waals surface area contributed by atoms with Crippen molar-refractivity contribution in [1.29, 1.82) is 0 Å². The number of benzene rings is 1. The molecule has 1 aromatic heterocycles. The van der Waals surface area contributed by atoms with Crippen LogP contribution in [0.2, 0.25) is 0 Å². The second-order valence-corrected chi connectivity index (χ2v) is 5.10. The third-order valence-electron chi connectivity index (χ3n) is 3.19. The SMILES string of the molecule is CC.Cc1cc(Oc2ccc(C(F)(F)F)cc2)nc(C2CC2)n1. The van der Waals surface area contributed by atoms with Crippen LogP contribution in [-0.2, 0) is 6.18 Å². The second kappa shape index (κ2) is 6.98.